The Bertz CT molecular complexity index is 518. The lowest BCUT2D eigenvalue weighted by molar-refractivity contribution is -0.310. The summed E-state index contributed by atoms with van der Waals surface area (Å²) in [5.41, 5.74) is 0.860. The molecule has 156 valence electrons. The molecule has 27 heavy (non-hydrogen) atoms. The fourth-order valence-electron chi connectivity index (χ4n) is 3.51. The van der Waals surface area contributed by atoms with Crippen LogP contribution in [0.4, 0.5) is 0 Å². The molecule has 0 unspecified atom stereocenters. The number of hydrogen-bond acceptors (Lipinski definition) is 8. The lowest BCUT2D eigenvalue weighted by Crippen LogP contribution is -2.55. The number of ether oxygens (including phenoxy) is 6. The minimum absolute atomic E-state index is 0.308. The normalized spacial score (nSPS) is 39.7. The van der Waals surface area contributed by atoms with Gasteiger partial charge in [0, 0.05) is 33.1 Å². The molecule has 0 aromatic rings. The SMILES string of the molecule is CO[C@H]1C[C@H](O[C@H]2[C@@H](OC)C[C@H](O)O[C@@H]2C)O[C@H](C)[C@H]1OC(=O)C=C(C)C. The van der Waals surface area contributed by atoms with Crippen molar-refractivity contribution in [1.82, 2.24) is 0 Å². The Morgan fingerprint density at radius 2 is 1.59 bits per heavy atom. The fourth-order valence-corrected chi connectivity index (χ4v) is 3.51. The van der Waals surface area contributed by atoms with Crippen LogP contribution in [-0.4, -0.2) is 74.5 Å². The molecule has 8 heteroatoms. The molecule has 8 nitrogen and oxygen atoms in total. The Kier molecular flexibility index (Phi) is 8.20. The zero-order valence-electron chi connectivity index (χ0n) is 16.9. The molecule has 8 atom stereocenters. The lowest BCUT2D eigenvalue weighted by Gasteiger charge is -2.43. The fraction of sp³-hybridized carbons (Fsp3) is 0.842. The van der Waals surface area contributed by atoms with Gasteiger partial charge in [0.05, 0.1) is 18.3 Å². The highest BCUT2D eigenvalue weighted by molar-refractivity contribution is 5.82. The average molecular weight is 388 g/mol. The molecule has 2 fully saturated rings. The summed E-state index contributed by atoms with van der Waals surface area (Å²) in [6.45, 7) is 7.30. The number of carbonyl (C=O) groups excluding carboxylic acids is 1. The standard InChI is InChI=1S/C19H32O8/c1-10(2)7-15(20)26-18-12(4)25-17(9-14(18)23-6)27-19-11(3)24-16(21)8-13(19)22-5/h7,11-14,16-19,21H,8-9H2,1-6H3/t11-,12-,13+,14+,16-,17+,18-,19-/m1/s1. The van der Waals surface area contributed by atoms with Gasteiger partial charge in [0.15, 0.2) is 18.7 Å². The van der Waals surface area contributed by atoms with Crippen LogP contribution in [0.5, 0.6) is 0 Å². The Morgan fingerprint density at radius 1 is 1.00 bits per heavy atom. The molecule has 1 N–H and O–H groups in total. The van der Waals surface area contributed by atoms with Gasteiger partial charge in [-0.05, 0) is 27.7 Å². The second kappa shape index (κ2) is 9.95. The second-order valence-corrected chi connectivity index (χ2v) is 7.31. The van der Waals surface area contributed by atoms with E-state index in [2.05, 4.69) is 0 Å². The van der Waals surface area contributed by atoms with Crippen LogP contribution in [-0.2, 0) is 33.2 Å². The minimum Gasteiger partial charge on any atom is -0.454 e. The third-order valence-electron chi connectivity index (χ3n) is 4.83. The van der Waals surface area contributed by atoms with E-state index in [0.717, 1.165) is 5.57 Å². The van der Waals surface area contributed by atoms with Crippen molar-refractivity contribution in [3.05, 3.63) is 11.6 Å². The van der Waals surface area contributed by atoms with Gasteiger partial charge in [-0.15, -0.1) is 0 Å². The van der Waals surface area contributed by atoms with Crippen LogP contribution in [0, 0.1) is 0 Å². The number of methoxy groups -OCH3 is 2. The maximum atomic E-state index is 12.0. The van der Waals surface area contributed by atoms with Crippen molar-refractivity contribution in [3.8, 4) is 0 Å². The third kappa shape index (κ3) is 5.97. The minimum atomic E-state index is -0.874. The van der Waals surface area contributed by atoms with Crippen molar-refractivity contribution in [2.75, 3.05) is 14.2 Å². The first-order valence-electron chi connectivity index (χ1n) is 9.30. The van der Waals surface area contributed by atoms with Crippen LogP contribution < -0.4 is 0 Å². The topological polar surface area (TPSA) is 92.7 Å². The quantitative estimate of drug-likeness (QED) is 0.541. The number of allylic oxidation sites excluding steroid dienone is 1. The Hall–Kier alpha value is -1.03. The number of hydrogen-bond donors (Lipinski definition) is 1. The maximum Gasteiger partial charge on any atom is 0.331 e. The Balaban J connectivity index is 2.01. The van der Waals surface area contributed by atoms with Crippen molar-refractivity contribution in [1.29, 1.82) is 0 Å². The molecular weight excluding hydrogens is 356 g/mol. The molecule has 0 aromatic carbocycles. The highest BCUT2D eigenvalue weighted by Gasteiger charge is 2.44. The van der Waals surface area contributed by atoms with Gasteiger partial charge in [0.25, 0.3) is 0 Å². The average Bonchev–Trinajstić information content (AvgIpc) is 2.58. The van der Waals surface area contributed by atoms with E-state index in [1.165, 1.54) is 6.08 Å². The molecule has 0 amide bonds. The summed E-state index contributed by atoms with van der Waals surface area (Å²) in [5.74, 6) is -0.417. The van der Waals surface area contributed by atoms with Gasteiger partial charge in [0.1, 0.15) is 12.2 Å². The Labute approximate surface area is 160 Å². The first-order valence-corrected chi connectivity index (χ1v) is 9.30. The molecule has 2 rings (SSSR count). The highest BCUT2D eigenvalue weighted by Crippen LogP contribution is 2.30. The largest absolute Gasteiger partial charge is 0.454 e. The van der Waals surface area contributed by atoms with Crippen LogP contribution in [0.15, 0.2) is 11.6 Å². The van der Waals surface area contributed by atoms with Crippen LogP contribution in [0.2, 0.25) is 0 Å². The molecule has 0 spiro atoms. The summed E-state index contributed by atoms with van der Waals surface area (Å²) >= 11 is 0. The number of carbonyl (C=O) groups is 1. The molecule has 0 aromatic heterocycles. The van der Waals surface area contributed by atoms with E-state index in [0.29, 0.717) is 12.8 Å². The second-order valence-electron chi connectivity index (χ2n) is 7.31. The molecule has 2 aliphatic rings. The van der Waals surface area contributed by atoms with Gasteiger partial charge in [-0.2, -0.15) is 0 Å². The van der Waals surface area contributed by atoms with Crippen LogP contribution in [0.25, 0.3) is 0 Å². The zero-order valence-corrected chi connectivity index (χ0v) is 16.9. The van der Waals surface area contributed by atoms with Gasteiger partial charge in [0.2, 0.25) is 0 Å². The molecule has 0 bridgehead atoms. The molecule has 0 saturated carbocycles. The van der Waals surface area contributed by atoms with E-state index in [1.807, 2.05) is 27.7 Å². The van der Waals surface area contributed by atoms with E-state index in [1.54, 1.807) is 14.2 Å². The van der Waals surface area contributed by atoms with E-state index in [4.69, 9.17) is 28.4 Å². The number of esters is 1. The van der Waals surface area contributed by atoms with E-state index in [-0.39, 0.29) is 18.3 Å². The van der Waals surface area contributed by atoms with Gasteiger partial charge in [-0.1, -0.05) is 5.57 Å². The van der Waals surface area contributed by atoms with Crippen molar-refractivity contribution in [3.63, 3.8) is 0 Å². The van der Waals surface area contributed by atoms with Crippen LogP contribution in [0.1, 0.15) is 40.5 Å². The zero-order chi connectivity index (χ0) is 20.1. The summed E-state index contributed by atoms with van der Waals surface area (Å²) in [6.07, 6.45) is -1.62. The van der Waals surface area contributed by atoms with Crippen molar-refractivity contribution >= 4 is 5.97 Å². The summed E-state index contributed by atoms with van der Waals surface area (Å²) in [7, 11) is 3.15. The number of aliphatic hydroxyl groups is 1. The summed E-state index contributed by atoms with van der Waals surface area (Å²) in [6, 6.07) is 0. The summed E-state index contributed by atoms with van der Waals surface area (Å²) < 4.78 is 34.0. The molecule has 2 saturated heterocycles. The van der Waals surface area contributed by atoms with Crippen LogP contribution in [0.3, 0.4) is 0 Å². The first kappa shape index (κ1) is 22.3. The van der Waals surface area contributed by atoms with Crippen molar-refractivity contribution in [2.45, 2.75) is 89.7 Å². The summed E-state index contributed by atoms with van der Waals surface area (Å²) in [4.78, 5) is 12.0. The maximum absolute atomic E-state index is 12.0. The van der Waals surface area contributed by atoms with Crippen molar-refractivity contribution < 1.29 is 38.3 Å². The smallest absolute Gasteiger partial charge is 0.331 e. The van der Waals surface area contributed by atoms with Gasteiger partial charge in [-0.3, -0.25) is 0 Å². The van der Waals surface area contributed by atoms with E-state index in [9.17, 15) is 9.90 Å². The molecular formula is C19H32O8. The first-order chi connectivity index (χ1) is 12.7. The predicted octanol–water partition coefficient (Wildman–Crippen LogP) is 1.54. The molecule has 0 radical (unpaired) electrons. The highest BCUT2D eigenvalue weighted by atomic mass is 16.7. The number of rotatable bonds is 6. The van der Waals surface area contributed by atoms with E-state index < -0.39 is 36.9 Å². The Morgan fingerprint density at radius 3 is 2.19 bits per heavy atom. The third-order valence-corrected chi connectivity index (χ3v) is 4.83. The van der Waals surface area contributed by atoms with Crippen LogP contribution >= 0.6 is 0 Å². The van der Waals surface area contributed by atoms with Gasteiger partial charge < -0.3 is 33.5 Å². The van der Waals surface area contributed by atoms with Gasteiger partial charge >= 0.3 is 5.97 Å². The number of aliphatic hydroxyl groups excluding tert-OH is 1. The summed E-state index contributed by atoms with van der Waals surface area (Å²) in [5, 5.41) is 9.75. The van der Waals surface area contributed by atoms with Crippen molar-refractivity contribution in [2.24, 2.45) is 0 Å². The molecule has 2 aliphatic heterocycles. The monoisotopic (exact) mass is 388 g/mol. The lowest BCUT2D eigenvalue weighted by atomic mass is 10.00. The molecule has 0 aliphatic carbocycles. The predicted molar refractivity (Wildman–Crippen MR) is 95.9 cm³/mol. The van der Waals surface area contributed by atoms with E-state index >= 15 is 0 Å². The molecule has 2 heterocycles. The van der Waals surface area contributed by atoms with Gasteiger partial charge in [-0.25, -0.2) is 4.79 Å².